The first-order valence-corrected chi connectivity index (χ1v) is 8.47. The lowest BCUT2D eigenvalue weighted by atomic mass is 10.0. The number of hydrogen-bond donors (Lipinski definition) is 1. The average molecular weight is 312 g/mol. The van der Waals surface area contributed by atoms with Crippen molar-refractivity contribution in [3.8, 4) is 11.5 Å². The molecule has 0 atom stereocenters. The van der Waals surface area contributed by atoms with Gasteiger partial charge in [-0.05, 0) is 26.0 Å². The number of ether oxygens (including phenoxy) is 2. The van der Waals surface area contributed by atoms with E-state index in [9.17, 15) is 8.42 Å². The molecule has 21 heavy (non-hydrogen) atoms. The highest BCUT2D eigenvalue weighted by molar-refractivity contribution is 7.89. The molecule has 0 bridgehead atoms. The largest absolute Gasteiger partial charge is 0.486 e. The van der Waals surface area contributed by atoms with Crippen LogP contribution < -0.4 is 14.8 Å². The molecule has 2 heterocycles. The predicted molar refractivity (Wildman–Crippen MR) is 78.3 cm³/mol. The van der Waals surface area contributed by atoms with Crippen LogP contribution in [0.1, 0.15) is 13.8 Å². The van der Waals surface area contributed by atoms with Gasteiger partial charge in [0.1, 0.15) is 13.2 Å². The van der Waals surface area contributed by atoms with Gasteiger partial charge in [-0.3, -0.25) is 0 Å². The van der Waals surface area contributed by atoms with Gasteiger partial charge in [-0.2, -0.15) is 4.31 Å². The lowest BCUT2D eigenvalue weighted by molar-refractivity contribution is 0.171. The van der Waals surface area contributed by atoms with E-state index in [0.29, 0.717) is 44.3 Å². The first-order valence-electron chi connectivity index (χ1n) is 7.03. The van der Waals surface area contributed by atoms with Gasteiger partial charge >= 0.3 is 0 Å². The number of nitrogens with zero attached hydrogens (tertiary/aromatic N) is 1. The van der Waals surface area contributed by atoms with E-state index in [2.05, 4.69) is 5.32 Å². The van der Waals surface area contributed by atoms with Gasteiger partial charge in [-0.1, -0.05) is 0 Å². The van der Waals surface area contributed by atoms with Crippen LogP contribution in [-0.4, -0.2) is 51.1 Å². The SMILES string of the molecule is CC1(C)CN(S(=O)(=O)c2ccc3c(c2)OCCO3)CCN1. The molecule has 1 fully saturated rings. The van der Waals surface area contributed by atoms with E-state index in [0.717, 1.165) is 0 Å². The Morgan fingerprint density at radius 1 is 1.19 bits per heavy atom. The minimum absolute atomic E-state index is 0.223. The Morgan fingerprint density at radius 3 is 2.62 bits per heavy atom. The lowest BCUT2D eigenvalue weighted by Crippen LogP contribution is -2.58. The van der Waals surface area contributed by atoms with Crippen molar-refractivity contribution in [3.63, 3.8) is 0 Å². The molecule has 6 nitrogen and oxygen atoms in total. The van der Waals surface area contributed by atoms with E-state index in [4.69, 9.17) is 9.47 Å². The zero-order chi connectivity index (χ0) is 15.1. The standard InChI is InChI=1S/C14H20N2O4S/c1-14(2)10-16(6-5-15-14)21(17,18)11-3-4-12-13(9-11)20-8-7-19-12/h3-4,9,15H,5-8,10H2,1-2H3. The van der Waals surface area contributed by atoms with E-state index in [1.807, 2.05) is 13.8 Å². The van der Waals surface area contributed by atoms with E-state index in [1.165, 1.54) is 4.31 Å². The van der Waals surface area contributed by atoms with Gasteiger partial charge in [0.25, 0.3) is 0 Å². The second-order valence-electron chi connectivity index (χ2n) is 5.95. The Hall–Kier alpha value is -1.31. The maximum Gasteiger partial charge on any atom is 0.243 e. The van der Waals surface area contributed by atoms with Crippen molar-refractivity contribution in [1.29, 1.82) is 0 Å². The summed E-state index contributed by atoms with van der Waals surface area (Å²) in [7, 11) is -3.51. The fourth-order valence-electron chi connectivity index (χ4n) is 2.63. The van der Waals surface area contributed by atoms with E-state index in [-0.39, 0.29) is 10.4 Å². The van der Waals surface area contributed by atoms with E-state index < -0.39 is 10.0 Å². The topological polar surface area (TPSA) is 67.9 Å². The number of benzene rings is 1. The number of fused-ring (bicyclic) bond motifs is 1. The van der Waals surface area contributed by atoms with Crippen LogP contribution in [0.25, 0.3) is 0 Å². The van der Waals surface area contributed by atoms with Crippen LogP contribution in [0.2, 0.25) is 0 Å². The first kappa shape index (κ1) is 14.6. The van der Waals surface area contributed by atoms with Crippen molar-refractivity contribution in [2.45, 2.75) is 24.3 Å². The Labute approximate surface area is 125 Å². The van der Waals surface area contributed by atoms with Crippen molar-refractivity contribution >= 4 is 10.0 Å². The van der Waals surface area contributed by atoms with Gasteiger partial charge in [-0.25, -0.2) is 8.42 Å². The summed E-state index contributed by atoms with van der Waals surface area (Å²) in [4.78, 5) is 0.254. The number of piperazine rings is 1. The summed E-state index contributed by atoms with van der Waals surface area (Å²) in [5, 5.41) is 3.31. The molecule has 0 radical (unpaired) electrons. The van der Waals surface area contributed by atoms with Crippen molar-refractivity contribution in [2.75, 3.05) is 32.8 Å². The third-order valence-electron chi connectivity index (χ3n) is 3.69. The fourth-order valence-corrected chi connectivity index (χ4v) is 4.25. The Balaban J connectivity index is 1.91. The summed E-state index contributed by atoms with van der Waals surface area (Å²) >= 11 is 0. The van der Waals surface area contributed by atoms with Gasteiger partial charge in [0.05, 0.1) is 4.90 Å². The predicted octanol–water partition coefficient (Wildman–Crippen LogP) is 0.830. The molecular weight excluding hydrogens is 292 g/mol. The molecule has 0 amide bonds. The third kappa shape index (κ3) is 2.86. The summed E-state index contributed by atoms with van der Waals surface area (Å²) in [6, 6.07) is 4.80. The highest BCUT2D eigenvalue weighted by atomic mass is 32.2. The molecule has 3 rings (SSSR count). The first-order chi connectivity index (χ1) is 9.88. The molecule has 0 spiro atoms. The summed E-state index contributed by atoms with van der Waals surface area (Å²) in [6.45, 7) is 6.50. The Bertz CT molecular complexity index is 642. The lowest BCUT2D eigenvalue weighted by Gasteiger charge is -2.38. The second kappa shape index (κ2) is 5.15. The molecule has 2 aliphatic rings. The van der Waals surface area contributed by atoms with Crippen LogP contribution >= 0.6 is 0 Å². The molecule has 0 aliphatic carbocycles. The molecule has 2 aliphatic heterocycles. The normalized spacial score (nSPS) is 22.0. The van der Waals surface area contributed by atoms with Crippen molar-refractivity contribution in [1.82, 2.24) is 9.62 Å². The molecule has 0 saturated carbocycles. The molecule has 0 aromatic heterocycles. The van der Waals surface area contributed by atoms with Gasteiger partial charge in [0.15, 0.2) is 11.5 Å². The quantitative estimate of drug-likeness (QED) is 0.876. The number of hydrogen-bond acceptors (Lipinski definition) is 5. The maximum absolute atomic E-state index is 12.8. The van der Waals surface area contributed by atoms with Crippen LogP contribution in [0, 0.1) is 0 Å². The van der Waals surface area contributed by atoms with Gasteiger partial charge in [0, 0.05) is 31.2 Å². The molecule has 1 aromatic rings. The minimum Gasteiger partial charge on any atom is -0.486 e. The summed E-state index contributed by atoms with van der Waals surface area (Å²) < 4.78 is 37.9. The highest BCUT2D eigenvalue weighted by Crippen LogP contribution is 2.33. The highest BCUT2D eigenvalue weighted by Gasteiger charge is 2.34. The van der Waals surface area contributed by atoms with Crippen molar-refractivity contribution in [2.24, 2.45) is 0 Å². The Kier molecular flexibility index (Phi) is 3.59. The van der Waals surface area contributed by atoms with Gasteiger partial charge in [0.2, 0.25) is 10.0 Å². The summed E-state index contributed by atoms with van der Waals surface area (Å²) in [5.41, 5.74) is -0.223. The monoisotopic (exact) mass is 312 g/mol. The third-order valence-corrected chi connectivity index (χ3v) is 5.53. The van der Waals surface area contributed by atoms with Crippen LogP contribution in [0.3, 0.4) is 0 Å². The van der Waals surface area contributed by atoms with Gasteiger partial charge < -0.3 is 14.8 Å². The van der Waals surface area contributed by atoms with E-state index >= 15 is 0 Å². The van der Waals surface area contributed by atoms with Gasteiger partial charge in [-0.15, -0.1) is 0 Å². The van der Waals surface area contributed by atoms with E-state index in [1.54, 1.807) is 18.2 Å². The molecule has 7 heteroatoms. The smallest absolute Gasteiger partial charge is 0.243 e. The minimum atomic E-state index is -3.51. The number of rotatable bonds is 2. The summed E-state index contributed by atoms with van der Waals surface area (Å²) in [5.74, 6) is 1.09. The molecule has 1 N–H and O–H groups in total. The summed E-state index contributed by atoms with van der Waals surface area (Å²) in [6.07, 6.45) is 0. The molecule has 116 valence electrons. The van der Waals surface area contributed by atoms with Crippen LogP contribution in [-0.2, 0) is 10.0 Å². The van der Waals surface area contributed by atoms with Crippen molar-refractivity contribution < 1.29 is 17.9 Å². The zero-order valence-electron chi connectivity index (χ0n) is 12.3. The second-order valence-corrected chi connectivity index (χ2v) is 7.89. The maximum atomic E-state index is 12.8. The molecule has 0 unspecified atom stereocenters. The zero-order valence-corrected chi connectivity index (χ0v) is 13.1. The van der Waals surface area contributed by atoms with Crippen LogP contribution in [0.15, 0.2) is 23.1 Å². The average Bonchev–Trinajstić information content (AvgIpc) is 2.45. The van der Waals surface area contributed by atoms with Crippen LogP contribution in [0.4, 0.5) is 0 Å². The molecule has 1 saturated heterocycles. The molecular formula is C14H20N2O4S. The molecule has 1 aromatic carbocycles. The fraction of sp³-hybridized carbons (Fsp3) is 0.571. The number of nitrogens with one attached hydrogen (secondary N) is 1. The van der Waals surface area contributed by atoms with Crippen molar-refractivity contribution in [3.05, 3.63) is 18.2 Å². The Morgan fingerprint density at radius 2 is 1.90 bits per heavy atom. The number of sulfonamides is 1. The van der Waals surface area contributed by atoms with Crippen LogP contribution in [0.5, 0.6) is 11.5 Å².